The van der Waals surface area contributed by atoms with Gasteiger partial charge in [0.05, 0.1) is 5.78 Å². The Hall–Kier alpha value is 0.838. The van der Waals surface area contributed by atoms with Crippen molar-refractivity contribution in [3.8, 4) is 0 Å². The Bertz CT molecular complexity index is 292. The van der Waals surface area contributed by atoms with Crippen molar-refractivity contribution in [3.05, 3.63) is 29.1 Å². The third kappa shape index (κ3) is 10.4. The monoisotopic (exact) mass is 342 g/mol. The van der Waals surface area contributed by atoms with Crippen LogP contribution in [0, 0.1) is 12.6 Å². The molecule has 0 aromatic rings. The molecule has 1 aliphatic carbocycles. The molecular formula is C10H16Cl2O2Si2Ti. The molecule has 1 N–H and O–H groups in total. The number of hydrogen-bond donors (Lipinski definition) is 1. The van der Waals surface area contributed by atoms with Gasteiger partial charge in [-0.05, 0) is 9.52 Å². The minimum Gasteiger partial charge on any atom is -1.00 e. The van der Waals surface area contributed by atoms with Gasteiger partial charge in [-0.25, -0.2) is 5.20 Å². The fraction of sp³-hybridized carbons (Fsp3) is 0.400. The van der Waals surface area contributed by atoms with E-state index in [0.29, 0.717) is 6.61 Å². The van der Waals surface area contributed by atoms with Crippen LogP contribution in [-0.4, -0.2) is 35.1 Å². The van der Waals surface area contributed by atoms with Crippen LogP contribution in [0.25, 0.3) is 0 Å². The van der Waals surface area contributed by atoms with Crippen LogP contribution in [0.15, 0.2) is 16.5 Å². The van der Waals surface area contributed by atoms with Crippen molar-refractivity contribution >= 4 is 23.4 Å². The predicted octanol–water partition coefficient (Wildman–Crippen LogP) is -5.61. The van der Waals surface area contributed by atoms with Crippen LogP contribution in [0.4, 0.5) is 0 Å². The van der Waals surface area contributed by atoms with E-state index < -0.39 is 8.07 Å². The summed E-state index contributed by atoms with van der Waals surface area (Å²) in [5.41, 5.74) is 0. The van der Waals surface area contributed by atoms with Gasteiger partial charge in [0.25, 0.3) is 0 Å². The molecule has 2 nitrogen and oxygen atoms in total. The first-order valence-electron chi connectivity index (χ1n) is 4.76. The standard InChI is InChI=1S/C5H3OSi.C5H13OSi.2ClH.Ti/c6-3-1-4-5(2-3)7-4;1-7(2,3)5-4-6;;;/h1H,7H2;6H,1,4-5H2,2-3H3;2*1H;/q2*-1;;;+4/p-2. The summed E-state index contributed by atoms with van der Waals surface area (Å²) in [5.74, 6) is 0.0868. The van der Waals surface area contributed by atoms with Gasteiger partial charge >= 0.3 is 21.7 Å². The van der Waals surface area contributed by atoms with E-state index >= 15 is 0 Å². The minimum absolute atomic E-state index is 0. The summed E-state index contributed by atoms with van der Waals surface area (Å²) in [6, 6.07) is 0.924. The molecule has 1 aliphatic heterocycles. The van der Waals surface area contributed by atoms with Gasteiger partial charge in [0.1, 0.15) is 0 Å². The first-order valence-corrected chi connectivity index (χ1v) is 9.59. The summed E-state index contributed by atoms with van der Waals surface area (Å²) in [6.45, 7) is 8.53. The zero-order valence-electron chi connectivity index (χ0n) is 10.0. The number of aliphatic hydroxyl groups excluding tert-OH is 1. The van der Waals surface area contributed by atoms with Crippen molar-refractivity contribution in [1.82, 2.24) is 0 Å². The van der Waals surface area contributed by atoms with Crippen molar-refractivity contribution in [1.29, 1.82) is 0 Å². The fourth-order valence-electron chi connectivity index (χ4n) is 1.05. The van der Waals surface area contributed by atoms with Gasteiger partial charge in [-0.3, -0.25) is 0 Å². The van der Waals surface area contributed by atoms with Crippen molar-refractivity contribution < 1.29 is 56.4 Å². The average Bonchev–Trinajstić information content (AvgIpc) is 2.58. The molecule has 0 spiro atoms. The summed E-state index contributed by atoms with van der Waals surface area (Å²) < 4.78 is 0. The van der Waals surface area contributed by atoms with E-state index in [1.54, 1.807) is 6.08 Å². The van der Waals surface area contributed by atoms with Gasteiger partial charge in [-0.1, -0.05) is 27.2 Å². The molecule has 1 saturated heterocycles. The van der Waals surface area contributed by atoms with Gasteiger partial charge in [0.2, 0.25) is 0 Å². The Morgan fingerprint density at radius 3 is 2.12 bits per heavy atom. The molecule has 2 aliphatic rings. The molecule has 17 heavy (non-hydrogen) atoms. The van der Waals surface area contributed by atoms with Crippen LogP contribution in [0.3, 0.4) is 0 Å². The number of carbonyl (C=O) groups is 1. The Labute approximate surface area is 134 Å². The summed E-state index contributed by atoms with van der Waals surface area (Å²) in [5, 5.41) is 11.0. The minimum atomic E-state index is -1.16. The van der Waals surface area contributed by atoms with E-state index in [1.807, 2.05) is 0 Å². The van der Waals surface area contributed by atoms with Crippen LogP contribution in [0.2, 0.25) is 19.1 Å². The van der Waals surface area contributed by atoms with E-state index in [0.717, 1.165) is 6.04 Å². The van der Waals surface area contributed by atoms with E-state index in [4.69, 9.17) is 5.11 Å². The molecule has 0 bridgehead atoms. The Morgan fingerprint density at radius 2 is 2.00 bits per heavy atom. The van der Waals surface area contributed by atoms with Gasteiger partial charge in [0.15, 0.2) is 0 Å². The van der Waals surface area contributed by atoms with Crippen LogP contribution in [0.1, 0.15) is 0 Å². The molecule has 0 atom stereocenters. The number of rotatable bonds is 2. The number of halogens is 2. The molecule has 0 unspecified atom stereocenters. The molecule has 0 amide bonds. The maximum atomic E-state index is 10.3. The molecule has 0 saturated carbocycles. The molecule has 2 rings (SSSR count). The zero-order chi connectivity index (χ0) is 10.8. The second-order valence-corrected chi connectivity index (χ2v) is 11.1. The van der Waals surface area contributed by atoms with Gasteiger partial charge in [0, 0.05) is 6.61 Å². The van der Waals surface area contributed by atoms with E-state index in [2.05, 4.69) is 25.7 Å². The second-order valence-electron chi connectivity index (χ2n) is 4.45. The number of ketones is 1. The van der Waals surface area contributed by atoms with Crippen molar-refractivity contribution in [2.45, 2.75) is 19.1 Å². The SMILES string of the molecule is O=C1[C-]=C2[SiH2]C2=C1.[CH2-][Si](C)(C)CCO.[Cl-].[Cl-].[Ti+4]. The second kappa shape index (κ2) is 9.73. The Kier molecular flexibility index (Phi) is 13.1. The zero-order valence-corrected chi connectivity index (χ0v) is 15.5. The molecule has 1 fully saturated rings. The normalized spacial score (nSPS) is 16.1. The van der Waals surface area contributed by atoms with Gasteiger partial charge < -0.3 is 41.3 Å². The topological polar surface area (TPSA) is 37.3 Å². The van der Waals surface area contributed by atoms with Crippen LogP contribution in [-0.2, 0) is 26.5 Å². The fourth-order valence-corrected chi connectivity index (χ4v) is 2.69. The van der Waals surface area contributed by atoms with Gasteiger partial charge in [-0.15, -0.1) is 6.08 Å². The van der Waals surface area contributed by atoms with Crippen molar-refractivity contribution in [2.75, 3.05) is 6.61 Å². The number of allylic oxidation sites excluding steroid dienone is 4. The molecule has 0 aromatic carbocycles. The summed E-state index contributed by atoms with van der Waals surface area (Å²) >= 11 is 0. The largest absolute Gasteiger partial charge is 4.00 e. The molecule has 0 radical (unpaired) electrons. The van der Waals surface area contributed by atoms with Crippen LogP contribution in [0.5, 0.6) is 0 Å². The van der Waals surface area contributed by atoms with Crippen LogP contribution >= 0.6 is 0 Å². The quantitative estimate of drug-likeness (QED) is 0.401. The third-order valence-electron chi connectivity index (χ3n) is 2.00. The number of fused-ring (bicyclic) bond motifs is 1. The molecular weight excluding hydrogens is 327 g/mol. The third-order valence-corrected chi connectivity index (χ3v) is 5.07. The predicted molar refractivity (Wildman–Crippen MR) is 63.1 cm³/mol. The molecule has 1 heterocycles. The summed E-state index contributed by atoms with van der Waals surface area (Å²) in [6.07, 6.45) is 4.45. The van der Waals surface area contributed by atoms with Gasteiger partial charge in [-0.2, -0.15) is 11.3 Å². The molecule has 0 aromatic heterocycles. The molecule has 94 valence electrons. The maximum absolute atomic E-state index is 10.3. The number of carbonyl (C=O) groups excluding carboxylic acids is 1. The Balaban J connectivity index is -0.000000196. The summed E-state index contributed by atoms with van der Waals surface area (Å²) in [7, 11) is -1.15. The average molecular weight is 343 g/mol. The molecule has 7 heteroatoms. The van der Waals surface area contributed by atoms with E-state index in [-0.39, 0.29) is 61.8 Å². The van der Waals surface area contributed by atoms with Crippen molar-refractivity contribution in [3.63, 3.8) is 0 Å². The first kappa shape index (κ1) is 23.0. The van der Waals surface area contributed by atoms with E-state index in [9.17, 15) is 4.79 Å². The summed E-state index contributed by atoms with van der Waals surface area (Å²) in [4.78, 5) is 10.3. The Morgan fingerprint density at radius 1 is 1.47 bits per heavy atom. The van der Waals surface area contributed by atoms with Crippen LogP contribution < -0.4 is 24.8 Å². The number of hydrogen-bond acceptors (Lipinski definition) is 2. The maximum Gasteiger partial charge on any atom is 4.00 e. The van der Waals surface area contributed by atoms with E-state index in [1.165, 1.54) is 10.4 Å². The first-order chi connectivity index (χ1) is 6.42. The smallest absolute Gasteiger partial charge is 1.00 e. The number of aliphatic hydroxyl groups is 1. The van der Waals surface area contributed by atoms with Crippen molar-refractivity contribution in [2.24, 2.45) is 0 Å².